The predicted octanol–water partition coefficient (Wildman–Crippen LogP) is 2.35. The van der Waals surface area contributed by atoms with Gasteiger partial charge in [0, 0.05) is 30.3 Å². The Labute approximate surface area is 97.4 Å². The van der Waals surface area contributed by atoms with Crippen LogP contribution in [-0.4, -0.2) is 23.0 Å². The summed E-state index contributed by atoms with van der Waals surface area (Å²) in [7, 11) is 0. The number of dihydropyridines is 1. The van der Waals surface area contributed by atoms with Gasteiger partial charge in [-0.1, -0.05) is 6.08 Å². The minimum atomic E-state index is 0.955. The van der Waals surface area contributed by atoms with Crippen molar-refractivity contribution in [2.24, 2.45) is 0 Å². The van der Waals surface area contributed by atoms with Crippen molar-refractivity contribution in [1.82, 2.24) is 15.1 Å². The molecule has 86 valence electrons. The van der Waals surface area contributed by atoms with E-state index in [9.17, 15) is 0 Å². The summed E-state index contributed by atoms with van der Waals surface area (Å²) in [4.78, 5) is 4.65. The van der Waals surface area contributed by atoms with Crippen molar-refractivity contribution >= 4 is 0 Å². The van der Waals surface area contributed by atoms with Crippen molar-refractivity contribution < 1.29 is 0 Å². The Kier molecular flexibility index (Phi) is 3.04. The average Bonchev–Trinajstić information content (AvgIpc) is 2.58. The molecular formula is C13H19N3. The molecule has 0 amide bonds. The van der Waals surface area contributed by atoms with E-state index in [1.54, 1.807) is 0 Å². The Morgan fingerprint density at radius 3 is 2.69 bits per heavy atom. The van der Waals surface area contributed by atoms with E-state index in [0.29, 0.717) is 0 Å². The van der Waals surface area contributed by atoms with Gasteiger partial charge < -0.3 is 15.1 Å². The van der Waals surface area contributed by atoms with Gasteiger partial charge in [-0.3, -0.25) is 0 Å². The molecular weight excluding hydrogens is 198 g/mol. The minimum Gasteiger partial charge on any atom is -0.361 e. The molecule has 0 radical (unpaired) electrons. The van der Waals surface area contributed by atoms with E-state index in [-0.39, 0.29) is 0 Å². The van der Waals surface area contributed by atoms with Gasteiger partial charge in [-0.05, 0) is 32.9 Å². The van der Waals surface area contributed by atoms with Crippen LogP contribution in [0.3, 0.4) is 0 Å². The van der Waals surface area contributed by atoms with Crippen LogP contribution in [0.2, 0.25) is 0 Å². The van der Waals surface area contributed by atoms with Gasteiger partial charge in [-0.15, -0.1) is 0 Å². The third kappa shape index (κ3) is 1.98. The first-order chi connectivity index (χ1) is 7.72. The zero-order chi connectivity index (χ0) is 11.5. The van der Waals surface area contributed by atoms with Crippen LogP contribution in [0.25, 0.3) is 0 Å². The lowest BCUT2D eigenvalue weighted by atomic mass is 10.3. The molecule has 0 spiro atoms. The Bertz CT molecular complexity index is 388. The molecule has 0 fully saturated rings. The molecule has 0 aromatic heterocycles. The maximum absolute atomic E-state index is 3.23. The molecule has 0 saturated carbocycles. The molecule has 0 aromatic rings. The molecule has 0 aliphatic carbocycles. The SMILES string of the molecule is CCN1CN(/C=C2/C=CC=CN2)C(C)=C1C. The molecule has 0 aromatic carbocycles. The highest BCUT2D eigenvalue weighted by Gasteiger charge is 2.20. The number of rotatable bonds is 2. The molecule has 16 heavy (non-hydrogen) atoms. The van der Waals surface area contributed by atoms with Crippen molar-refractivity contribution in [1.29, 1.82) is 0 Å². The van der Waals surface area contributed by atoms with E-state index in [1.165, 1.54) is 11.4 Å². The molecule has 0 unspecified atom stereocenters. The lowest BCUT2D eigenvalue weighted by Crippen LogP contribution is -2.25. The molecule has 0 saturated heterocycles. The summed E-state index contributed by atoms with van der Waals surface area (Å²) in [6.07, 6.45) is 10.2. The maximum Gasteiger partial charge on any atom is 0.0941 e. The maximum atomic E-state index is 3.23. The van der Waals surface area contributed by atoms with Gasteiger partial charge in [-0.2, -0.15) is 0 Å². The van der Waals surface area contributed by atoms with Crippen LogP contribution in [-0.2, 0) is 0 Å². The molecule has 2 aliphatic rings. The molecule has 0 bridgehead atoms. The van der Waals surface area contributed by atoms with E-state index in [0.717, 1.165) is 18.9 Å². The predicted molar refractivity (Wildman–Crippen MR) is 67.0 cm³/mol. The first-order valence-electron chi connectivity index (χ1n) is 5.73. The van der Waals surface area contributed by atoms with E-state index in [4.69, 9.17) is 0 Å². The first kappa shape index (κ1) is 10.9. The largest absolute Gasteiger partial charge is 0.361 e. The smallest absolute Gasteiger partial charge is 0.0941 e. The van der Waals surface area contributed by atoms with Crippen LogP contribution in [0.4, 0.5) is 0 Å². The fourth-order valence-electron chi connectivity index (χ4n) is 1.96. The Morgan fingerprint density at radius 2 is 2.12 bits per heavy atom. The highest BCUT2D eigenvalue weighted by molar-refractivity contribution is 5.28. The standard InChI is InChI=1S/C13H19N3/c1-4-15-10-16(12(3)11(15)2)9-13-7-5-6-8-14-13/h5-9,14H,4,10H2,1-3H3/b13-9-. The van der Waals surface area contributed by atoms with Crippen LogP contribution in [0.15, 0.2) is 47.7 Å². The summed E-state index contributed by atoms with van der Waals surface area (Å²) in [5.41, 5.74) is 3.83. The lowest BCUT2D eigenvalue weighted by molar-refractivity contribution is 0.305. The van der Waals surface area contributed by atoms with Gasteiger partial charge in [-0.25, -0.2) is 0 Å². The van der Waals surface area contributed by atoms with Gasteiger partial charge in [0.1, 0.15) is 0 Å². The second-order valence-corrected chi connectivity index (χ2v) is 4.09. The highest BCUT2D eigenvalue weighted by atomic mass is 15.4. The third-order valence-corrected chi connectivity index (χ3v) is 3.16. The fourth-order valence-corrected chi connectivity index (χ4v) is 1.96. The summed E-state index contributed by atoms with van der Waals surface area (Å²) in [5, 5.41) is 3.23. The van der Waals surface area contributed by atoms with Crippen molar-refractivity contribution in [2.45, 2.75) is 20.8 Å². The van der Waals surface area contributed by atoms with Crippen molar-refractivity contribution in [2.75, 3.05) is 13.2 Å². The van der Waals surface area contributed by atoms with Gasteiger partial charge in [0.25, 0.3) is 0 Å². The van der Waals surface area contributed by atoms with E-state index >= 15 is 0 Å². The second kappa shape index (κ2) is 4.47. The second-order valence-electron chi connectivity index (χ2n) is 4.09. The van der Waals surface area contributed by atoms with E-state index in [1.807, 2.05) is 18.4 Å². The molecule has 0 atom stereocenters. The van der Waals surface area contributed by atoms with E-state index < -0.39 is 0 Å². The highest BCUT2D eigenvalue weighted by Crippen LogP contribution is 2.23. The normalized spacial score (nSPS) is 22.3. The summed E-state index contributed by atoms with van der Waals surface area (Å²) in [6.45, 7) is 8.56. The lowest BCUT2D eigenvalue weighted by Gasteiger charge is -2.20. The summed E-state index contributed by atoms with van der Waals surface area (Å²) in [6, 6.07) is 0. The van der Waals surface area contributed by atoms with Gasteiger partial charge >= 0.3 is 0 Å². The van der Waals surface area contributed by atoms with Crippen LogP contribution < -0.4 is 5.32 Å². The Balaban J connectivity index is 2.13. The monoisotopic (exact) mass is 217 g/mol. The minimum absolute atomic E-state index is 0.955. The number of allylic oxidation sites excluding steroid dienone is 5. The number of hydrogen-bond acceptors (Lipinski definition) is 3. The molecule has 3 nitrogen and oxygen atoms in total. The summed E-state index contributed by atoms with van der Waals surface area (Å²) < 4.78 is 0. The van der Waals surface area contributed by atoms with Crippen LogP contribution in [0.1, 0.15) is 20.8 Å². The van der Waals surface area contributed by atoms with Gasteiger partial charge in [0.05, 0.1) is 12.4 Å². The Hall–Kier alpha value is -1.64. The van der Waals surface area contributed by atoms with Crippen LogP contribution >= 0.6 is 0 Å². The number of nitrogens with one attached hydrogen (secondary N) is 1. The van der Waals surface area contributed by atoms with Crippen LogP contribution in [0, 0.1) is 0 Å². The fraction of sp³-hybridized carbons (Fsp3) is 0.385. The first-order valence-corrected chi connectivity index (χ1v) is 5.73. The van der Waals surface area contributed by atoms with Crippen LogP contribution in [0.5, 0.6) is 0 Å². The van der Waals surface area contributed by atoms with E-state index in [2.05, 4.69) is 48.2 Å². The zero-order valence-corrected chi connectivity index (χ0v) is 10.2. The number of nitrogens with zero attached hydrogens (tertiary/aromatic N) is 2. The quantitative estimate of drug-likeness (QED) is 0.766. The van der Waals surface area contributed by atoms with Gasteiger partial charge in [0.2, 0.25) is 0 Å². The molecule has 2 heterocycles. The van der Waals surface area contributed by atoms with Gasteiger partial charge in [0.15, 0.2) is 0 Å². The number of hydrogen-bond donors (Lipinski definition) is 1. The van der Waals surface area contributed by atoms with Crippen molar-refractivity contribution in [3.8, 4) is 0 Å². The molecule has 1 N–H and O–H groups in total. The average molecular weight is 217 g/mol. The van der Waals surface area contributed by atoms with Crippen molar-refractivity contribution in [3.63, 3.8) is 0 Å². The molecule has 2 aliphatic heterocycles. The zero-order valence-electron chi connectivity index (χ0n) is 10.2. The Morgan fingerprint density at radius 1 is 1.31 bits per heavy atom. The topological polar surface area (TPSA) is 18.5 Å². The third-order valence-electron chi connectivity index (χ3n) is 3.16. The molecule has 3 heteroatoms. The van der Waals surface area contributed by atoms with Crippen molar-refractivity contribution in [3.05, 3.63) is 47.7 Å². The molecule has 2 rings (SSSR count). The summed E-state index contributed by atoms with van der Waals surface area (Å²) in [5.74, 6) is 0. The summed E-state index contributed by atoms with van der Waals surface area (Å²) >= 11 is 0.